The normalized spacial score (nSPS) is 13.3. The second kappa shape index (κ2) is 10.1. The van der Waals surface area contributed by atoms with Gasteiger partial charge in [0.1, 0.15) is 11.6 Å². The van der Waals surface area contributed by atoms with Crippen molar-refractivity contribution in [1.29, 1.82) is 0 Å². The zero-order valence-electron chi connectivity index (χ0n) is 16.1. The summed E-state index contributed by atoms with van der Waals surface area (Å²) in [4.78, 5) is 37.4. The van der Waals surface area contributed by atoms with Gasteiger partial charge < -0.3 is 15.0 Å². The predicted octanol–water partition coefficient (Wildman–Crippen LogP) is 1.92. The number of nitrogens with one attached hydrogen (secondary N) is 2. The van der Waals surface area contributed by atoms with Crippen molar-refractivity contribution in [1.82, 2.24) is 10.3 Å². The van der Waals surface area contributed by atoms with Crippen LogP contribution in [0.15, 0.2) is 53.6 Å². The third-order valence-electron chi connectivity index (χ3n) is 4.37. The molecule has 0 saturated carbocycles. The zero-order chi connectivity index (χ0) is 21.3. The number of likely N-dealkylation sites (tertiary alicyclic amines) is 1. The highest BCUT2D eigenvalue weighted by Crippen LogP contribution is 2.13. The van der Waals surface area contributed by atoms with Crippen LogP contribution in [-0.2, 0) is 14.4 Å². The van der Waals surface area contributed by atoms with Crippen molar-refractivity contribution in [3.8, 4) is 5.75 Å². The maximum Gasteiger partial charge on any atom is 0.329 e. The Kier molecular flexibility index (Phi) is 7.09. The van der Waals surface area contributed by atoms with Crippen LogP contribution < -0.4 is 15.5 Å². The molecule has 0 atom stereocenters. The van der Waals surface area contributed by atoms with E-state index >= 15 is 0 Å². The summed E-state index contributed by atoms with van der Waals surface area (Å²) >= 11 is 0. The fraction of sp³-hybridized carbons (Fsp3) is 0.238. The molecule has 0 aliphatic carbocycles. The van der Waals surface area contributed by atoms with Gasteiger partial charge in [0.2, 0.25) is 0 Å². The van der Waals surface area contributed by atoms with Crippen LogP contribution in [0.25, 0.3) is 0 Å². The van der Waals surface area contributed by atoms with Crippen molar-refractivity contribution in [2.45, 2.75) is 12.8 Å². The second-order valence-corrected chi connectivity index (χ2v) is 6.61. The minimum atomic E-state index is -0.973. The molecule has 8 nitrogen and oxygen atoms in total. The van der Waals surface area contributed by atoms with Crippen molar-refractivity contribution in [2.24, 2.45) is 5.10 Å². The molecular formula is C21H21FN4O4. The van der Waals surface area contributed by atoms with Crippen LogP contribution in [0.5, 0.6) is 5.75 Å². The van der Waals surface area contributed by atoms with Gasteiger partial charge in [0, 0.05) is 18.8 Å². The van der Waals surface area contributed by atoms with Gasteiger partial charge in [-0.25, -0.2) is 9.82 Å². The first-order valence-electron chi connectivity index (χ1n) is 9.42. The average Bonchev–Trinajstić information content (AvgIpc) is 3.29. The van der Waals surface area contributed by atoms with Crippen LogP contribution in [0.2, 0.25) is 0 Å². The highest BCUT2D eigenvalue weighted by molar-refractivity contribution is 6.39. The number of hydrazone groups is 1. The van der Waals surface area contributed by atoms with Gasteiger partial charge in [0.05, 0.1) is 6.21 Å². The van der Waals surface area contributed by atoms with E-state index in [0.29, 0.717) is 11.3 Å². The number of carbonyl (C=O) groups is 3. The Hall–Kier alpha value is -3.75. The van der Waals surface area contributed by atoms with Crippen LogP contribution in [0.4, 0.5) is 10.1 Å². The quantitative estimate of drug-likeness (QED) is 0.430. The summed E-state index contributed by atoms with van der Waals surface area (Å²) in [5, 5.41) is 6.07. The summed E-state index contributed by atoms with van der Waals surface area (Å²) in [6.07, 6.45) is 3.38. The molecule has 0 spiro atoms. The van der Waals surface area contributed by atoms with Gasteiger partial charge in [-0.2, -0.15) is 5.10 Å². The molecule has 3 rings (SSSR count). The van der Waals surface area contributed by atoms with Gasteiger partial charge in [-0.3, -0.25) is 14.4 Å². The summed E-state index contributed by atoms with van der Waals surface area (Å²) in [6.45, 7) is 1.49. The SMILES string of the molecule is O=C(N/N=C\c1cccc(OCC(=O)N2CCCC2)c1)C(=O)Nc1ccc(F)cc1. The third-order valence-corrected chi connectivity index (χ3v) is 4.37. The Morgan fingerprint density at radius 3 is 2.53 bits per heavy atom. The van der Waals surface area contributed by atoms with Gasteiger partial charge in [0.15, 0.2) is 6.61 Å². The molecule has 2 N–H and O–H groups in total. The number of halogens is 1. The molecule has 1 fully saturated rings. The van der Waals surface area contributed by atoms with E-state index in [4.69, 9.17) is 4.74 Å². The first-order chi connectivity index (χ1) is 14.5. The molecule has 9 heteroatoms. The number of carbonyl (C=O) groups excluding carboxylic acids is 3. The number of rotatable bonds is 6. The second-order valence-electron chi connectivity index (χ2n) is 6.61. The lowest BCUT2D eigenvalue weighted by Crippen LogP contribution is -2.32. The number of hydrogen-bond acceptors (Lipinski definition) is 5. The molecule has 0 bridgehead atoms. The smallest absolute Gasteiger partial charge is 0.329 e. The lowest BCUT2D eigenvalue weighted by atomic mass is 10.2. The van der Waals surface area contributed by atoms with E-state index < -0.39 is 17.6 Å². The summed E-state index contributed by atoms with van der Waals surface area (Å²) in [5.74, 6) is -1.91. The summed E-state index contributed by atoms with van der Waals surface area (Å²) < 4.78 is 18.4. The van der Waals surface area contributed by atoms with Crippen LogP contribution in [0.1, 0.15) is 18.4 Å². The van der Waals surface area contributed by atoms with E-state index in [1.165, 1.54) is 30.5 Å². The van der Waals surface area contributed by atoms with Crippen molar-refractivity contribution in [3.63, 3.8) is 0 Å². The largest absolute Gasteiger partial charge is 0.484 e. The molecule has 0 aromatic heterocycles. The molecule has 2 aromatic rings. The molecule has 1 aliphatic heterocycles. The monoisotopic (exact) mass is 412 g/mol. The number of ether oxygens (including phenoxy) is 1. The fourth-order valence-electron chi connectivity index (χ4n) is 2.82. The van der Waals surface area contributed by atoms with Crippen LogP contribution in [-0.4, -0.2) is 48.5 Å². The Morgan fingerprint density at radius 2 is 1.80 bits per heavy atom. The standard InChI is InChI=1S/C21H21FN4O4/c22-16-6-8-17(9-7-16)24-20(28)21(29)25-23-13-15-4-3-5-18(12-15)30-14-19(27)26-10-1-2-11-26/h3-9,12-13H,1-2,10-11,14H2,(H,24,28)(H,25,29)/b23-13-. The van der Waals surface area contributed by atoms with Crippen molar-refractivity contribution in [3.05, 3.63) is 59.9 Å². The van der Waals surface area contributed by atoms with Gasteiger partial charge in [-0.15, -0.1) is 0 Å². The molecule has 1 saturated heterocycles. The lowest BCUT2D eigenvalue weighted by molar-refractivity contribution is -0.136. The number of amides is 3. The number of benzene rings is 2. The van der Waals surface area contributed by atoms with Crippen LogP contribution in [0, 0.1) is 5.82 Å². The minimum absolute atomic E-state index is 0.0408. The van der Waals surface area contributed by atoms with Crippen LogP contribution >= 0.6 is 0 Å². The van der Waals surface area contributed by atoms with Gasteiger partial charge in [0.25, 0.3) is 5.91 Å². The van der Waals surface area contributed by atoms with Gasteiger partial charge in [-0.05, 0) is 54.8 Å². The number of hydrogen-bond donors (Lipinski definition) is 2. The van der Waals surface area contributed by atoms with Crippen molar-refractivity contribution in [2.75, 3.05) is 25.0 Å². The van der Waals surface area contributed by atoms with Crippen LogP contribution in [0.3, 0.4) is 0 Å². The number of anilines is 1. The average molecular weight is 412 g/mol. The van der Waals surface area contributed by atoms with E-state index in [1.807, 2.05) is 0 Å². The highest BCUT2D eigenvalue weighted by atomic mass is 19.1. The van der Waals surface area contributed by atoms with E-state index in [2.05, 4.69) is 15.8 Å². The third kappa shape index (κ3) is 6.13. The maximum atomic E-state index is 12.9. The summed E-state index contributed by atoms with van der Waals surface area (Å²) in [5.41, 5.74) is 3.01. The molecule has 0 unspecified atom stereocenters. The first kappa shape index (κ1) is 21.0. The Morgan fingerprint density at radius 1 is 1.07 bits per heavy atom. The van der Waals surface area contributed by atoms with Crippen molar-refractivity contribution < 1.29 is 23.5 Å². The highest BCUT2D eigenvalue weighted by Gasteiger charge is 2.18. The summed E-state index contributed by atoms with van der Waals surface area (Å²) in [7, 11) is 0. The van der Waals surface area contributed by atoms with E-state index in [9.17, 15) is 18.8 Å². The Balaban J connectivity index is 1.47. The van der Waals surface area contributed by atoms with E-state index in [-0.39, 0.29) is 18.2 Å². The maximum absolute atomic E-state index is 12.9. The van der Waals surface area contributed by atoms with E-state index in [0.717, 1.165) is 25.9 Å². The molecule has 0 radical (unpaired) electrons. The van der Waals surface area contributed by atoms with Crippen molar-refractivity contribution >= 4 is 29.6 Å². The number of nitrogens with zero attached hydrogens (tertiary/aromatic N) is 2. The lowest BCUT2D eigenvalue weighted by Gasteiger charge is -2.15. The van der Waals surface area contributed by atoms with Gasteiger partial charge in [-0.1, -0.05) is 12.1 Å². The molecule has 30 heavy (non-hydrogen) atoms. The molecule has 1 heterocycles. The Bertz CT molecular complexity index is 940. The molecule has 3 amide bonds. The summed E-state index contributed by atoms with van der Waals surface area (Å²) in [6, 6.07) is 11.8. The zero-order valence-corrected chi connectivity index (χ0v) is 16.1. The molecular weight excluding hydrogens is 391 g/mol. The predicted molar refractivity (Wildman–Crippen MR) is 109 cm³/mol. The van der Waals surface area contributed by atoms with E-state index in [1.54, 1.807) is 29.2 Å². The molecule has 156 valence electrons. The molecule has 1 aliphatic rings. The van der Waals surface area contributed by atoms with Gasteiger partial charge >= 0.3 is 11.8 Å². The fourth-order valence-corrected chi connectivity index (χ4v) is 2.82. The first-order valence-corrected chi connectivity index (χ1v) is 9.42. The molecule has 2 aromatic carbocycles. The topological polar surface area (TPSA) is 100 Å². The minimum Gasteiger partial charge on any atom is -0.484 e. The Labute approximate surface area is 172 Å².